The first-order valence-corrected chi connectivity index (χ1v) is 7.74. The lowest BCUT2D eigenvalue weighted by Gasteiger charge is -2.35. The van der Waals surface area contributed by atoms with Gasteiger partial charge in [0.2, 0.25) is 0 Å². The van der Waals surface area contributed by atoms with Gasteiger partial charge in [0.1, 0.15) is 0 Å². The Hall–Kier alpha value is -1.46. The molecule has 0 bridgehead atoms. The van der Waals surface area contributed by atoms with Gasteiger partial charge in [0, 0.05) is 37.8 Å². The number of fused-ring (bicyclic) bond motifs is 1. The van der Waals surface area contributed by atoms with E-state index >= 15 is 0 Å². The van der Waals surface area contributed by atoms with Crippen LogP contribution < -0.4 is 5.32 Å². The monoisotopic (exact) mass is 287 g/mol. The Kier molecular flexibility index (Phi) is 3.95. The van der Waals surface area contributed by atoms with Gasteiger partial charge in [-0.05, 0) is 44.5 Å². The molecule has 5 heteroatoms. The number of aryl methyl sites for hydroxylation is 2. The Balaban J connectivity index is 1.69. The molecule has 2 unspecified atom stereocenters. The number of pyridine rings is 1. The van der Waals surface area contributed by atoms with Crippen LogP contribution in [0.4, 0.5) is 0 Å². The zero-order chi connectivity index (χ0) is 15.0. The van der Waals surface area contributed by atoms with Crippen LogP contribution in [0.2, 0.25) is 0 Å². The molecule has 0 radical (unpaired) electrons. The highest BCUT2D eigenvalue weighted by atomic mass is 15.3. The van der Waals surface area contributed by atoms with Gasteiger partial charge in [0.15, 0.2) is 5.65 Å². The Morgan fingerprint density at radius 3 is 2.95 bits per heavy atom. The molecular weight excluding hydrogens is 262 g/mol. The fourth-order valence-corrected chi connectivity index (χ4v) is 3.35. The minimum absolute atomic E-state index is 0.604. The molecule has 0 aliphatic carbocycles. The Morgan fingerprint density at radius 1 is 1.38 bits per heavy atom. The van der Waals surface area contributed by atoms with Crippen molar-refractivity contribution in [3.8, 4) is 0 Å². The van der Waals surface area contributed by atoms with Crippen molar-refractivity contribution in [2.24, 2.45) is 13.0 Å². The molecule has 2 aromatic heterocycles. The Labute approximate surface area is 126 Å². The molecule has 1 N–H and O–H groups in total. The number of aromatic nitrogens is 3. The number of rotatable bonds is 3. The van der Waals surface area contributed by atoms with Crippen molar-refractivity contribution in [2.75, 3.05) is 20.1 Å². The van der Waals surface area contributed by atoms with Crippen molar-refractivity contribution in [1.29, 1.82) is 0 Å². The van der Waals surface area contributed by atoms with Crippen molar-refractivity contribution >= 4 is 11.0 Å². The maximum atomic E-state index is 4.55. The van der Waals surface area contributed by atoms with Gasteiger partial charge in [0.25, 0.3) is 0 Å². The molecule has 2 aromatic rings. The van der Waals surface area contributed by atoms with E-state index in [0.29, 0.717) is 12.0 Å². The summed E-state index contributed by atoms with van der Waals surface area (Å²) in [6, 6.07) is 2.82. The van der Waals surface area contributed by atoms with Gasteiger partial charge in [-0.2, -0.15) is 5.10 Å². The molecule has 2 atom stereocenters. The molecule has 0 saturated carbocycles. The first-order chi connectivity index (χ1) is 10.0. The highest BCUT2D eigenvalue weighted by Gasteiger charge is 2.23. The molecule has 1 saturated heterocycles. The predicted octanol–water partition coefficient (Wildman–Crippen LogP) is 1.71. The van der Waals surface area contributed by atoms with Crippen molar-refractivity contribution in [3.05, 3.63) is 23.5 Å². The lowest BCUT2D eigenvalue weighted by Crippen LogP contribution is -2.46. The number of likely N-dealkylation sites (tertiary alicyclic amines) is 1. The summed E-state index contributed by atoms with van der Waals surface area (Å²) in [6.07, 6.45) is 3.19. The SMILES string of the molecule is Cc1nn(C)c2ncc(CNC3CCN(C)CC3C)cc12. The van der Waals surface area contributed by atoms with Gasteiger partial charge in [-0.1, -0.05) is 6.92 Å². The summed E-state index contributed by atoms with van der Waals surface area (Å²) >= 11 is 0. The molecule has 5 nitrogen and oxygen atoms in total. The molecule has 3 heterocycles. The molecule has 1 fully saturated rings. The summed E-state index contributed by atoms with van der Waals surface area (Å²) in [5, 5.41) is 9.30. The van der Waals surface area contributed by atoms with E-state index in [1.54, 1.807) is 0 Å². The fourth-order valence-electron chi connectivity index (χ4n) is 3.35. The summed E-state index contributed by atoms with van der Waals surface area (Å²) in [6.45, 7) is 7.62. The molecular formula is C16H25N5. The van der Waals surface area contributed by atoms with Gasteiger partial charge in [0.05, 0.1) is 5.69 Å². The number of nitrogens with zero attached hydrogens (tertiary/aromatic N) is 4. The molecule has 0 spiro atoms. The Morgan fingerprint density at radius 2 is 2.19 bits per heavy atom. The van der Waals surface area contributed by atoms with Crippen LogP contribution in [0.25, 0.3) is 11.0 Å². The zero-order valence-corrected chi connectivity index (χ0v) is 13.4. The van der Waals surface area contributed by atoms with Crippen molar-refractivity contribution < 1.29 is 0 Å². The number of piperidine rings is 1. The van der Waals surface area contributed by atoms with E-state index in [-0.39, 0.29) is 0 Å². The van der Waals surface area contributed by atoms with Gasteiger partial charge >= 0.3 is 0 Å². The van der Waals surface area contributed by atoms with Crippen LogP contribution in [0, 0.1) is 12.8 Å². The lowest BCUT2D eigenvalue weighted by atomic mass is 9.94. The number of hydrogen-bond acceptors (Lipinski definition) is 4. The van der Waals surface area contributed by atoms with Crippen LogP contribution in [0.3, 0.4) is 0 Å². The zero-order valence-electron chi connectivity index (χ0n) is 13.4. The van der Waals surface area contributed by atoms with Crippen molar-refractivity contribution in [1.82, 2.24) is 25.0 Å². The van der Waals surface area contributed by atoms with Crippen LogP contribution in [0.1, 0.15) is 24.6 Å². The average Bonchev–Trinajstić information content (AvgIpc) is 2.73. The van der Waals surface area contributed by atoms with Crippen LogP contribution in [-0.2, 0) is 13.6 Å². The maximum absolute atomic E-state index is 4.55. The largest absolute Gasteiger partial charge is 0.310 e. The van der Waals surface area contributed by atoms with Gasteiger partial charge in [-0.3, -0.25) is 4.68 Å². The summed E-state index contributed by atoms with van der Waals surface area (Å²) in [5.41, 5.74) is 3.25. The second kappa shape index (κ2) is 5.73. The summed E-state index contributed by atoms with van der Waals surface area (Å²) < 4.78 is 1.85. The van der Waals surface area contributed by atoms with E-state index in [9.17, 15) is 0 Å². The lowest BCUT2D eigenvalue weighted by molar-refractivity contribution is 0.174. The van der Waals surface area contributed by atoms with Gasteiger partial charge in [-0.25, -0.2) is 4.98 Å². The molecule has 21 heavy (non-hydrogen) atoms. The second-order valence-electron chi connectivity index (χ2n) is 6.44. The van der Waals surface area contributed by atoms with Crippen LogP contribution in [0.5, 0.6) is 0 Å². The quantitative estimate of drug-likeness (QED) is 0.933. The minimum atomic E-state index is 0.604. The topological polar surface area (TPSA) is 46.0 Å². The fraction of sp³-hybridized carbons (Fsp3) is 0.625. The third-order valence-corrected chi connectivity index (χ3v) is 4.60. The van der Waals surface area contributed by atoms with E-state index in [4.69, 9.17) is 0 Å². The summed E-state index contributed by atoms with van der Waals surface area (Å²) in [7, 11) is 4.15. The van der Waals surface area contributed by atoms with Gasteiger partial charge < -0.3 is 10.2 Å². The summed E-state index contributed by atoms with van der Waals surface area (Å²) in [5.74, 6) is 0.695. The van der Waals surface area contributed by atoms with E-state index in [1.165, 1.54) is 25.1 Å². The average molecular weight is 287 g/mol. The predicted molar refractivity (Wildman–Crippen MR) is 85.2 cm³/mol. The van der Waals surface area contributed by atoms with Crippen LogP contribution in [0.15, 0.2) is 12.3 Å². The molecule has 1 aliphatic heterocycles. The maximum Gasteiger partial charge on any atom is 0.157 e. The van der Waals surface area contributed by atoms with Crippen molar-refractivity contribution in [3.63, 3.8) is 0 Å². The third-order valence-electron chi connectivity index (χ3n) is 4.60. The normalized spacial score (nSPS) is 23.8. The van der Waals surface area contributed by atoms with E-state index in [0.717, 1.165) is 23.3 Å². The van der Waals surface area contributed by atoms with E-state index in [2.05, 4.69) is 40.3 Å². The van der Waals surface area contributed by atoms with Crippen molar-refractivity contribution in [2.45, 2.75) is 32.9 Å². The molecule has 1 aliphatic rings. The van der Waals surface area contributed by atoms with E-state index < -0.39 is 0 Å². The molecule has 114 valence electrons. The first kappa shape index (κ1) is 14.5. The second-order valence-corrected chi connectivity index (χ2v) is 6.44. The minimum Gasteiger partial charge on any atom is -0.310 e. The summed E-state index contributed by atoms with van der Waals surface area (Å²) in [4.78, 5) is 6.96. The third kappa shape index (κ3) is 2.94. The van der Waals surface area contributed by atoms with Crippen LogP contribution in [-0.4, -0.2) is 45.8 Å². The first-order valence-electron chi connectivity index (χ1n) is 7.74. The molecule has 3 rings (SSSR count). The molecule has 0 amide bonds. The molecule has 0 aromatic carbocycles. The standard InChI is InChI=1S/C16H25N5/c1-11-10-20(3)6-5-15(11)17-8-13-7-14-12(2)19-21(4)16(14)18-9-13/h7,9,11,15,17H,5-6,8,10H2,1-4H3. The highest BCUT2D eigenvalue weighted by Crippen LogP contribution is 2.18. The Bertz CT molecular complexity index is 633. The van der Waals surface area contributed by atoms with E-state index in [1.807, 2.05) is 24.9 Å². The number of nitrogens with one attached hydrogen (secondary N) is 1. The van der Waals surface area contributed by atoms with Crippen LogP contribution >= 0.6 is 0 Å². The van der Waals surface area contributed by atoms with Gasteiger partial charge in [-0.15, -0.1) is 0 Å². The smallest absolute Gasteiger partial charge is 0.157 e. The highest BCUT2D eigenvalue weighted by molar-refractivity contribution is 5.78. The number of hydrogen-bond donors (Lipinski definition) is 1.